The summed E-state index contributed by atoms with van der Waals surface area (Å²) >= 11 is 2.19. The standard InChI is InChI=1S/C19H18IN3O2/c1-22-16(10-13-6-4-3-5-7-13)18(24)23(2)17(19(22)25)11-14-12-21-9-8-15(14)20/h3-9,11-12,16H,10H2,1-2H3/b17-11+. The smallest absolute Gasteiger partial charge is 0.271 e. The Bertz CT molecular complexity index is 836. The molecule has 128 valence electrons. The summed E-state index contributed by atoms with van der Waals surface area (Å²) in [6.07, 6.45) is 5.62. The topological polar surface area (TPSA) is 53.5 Å². The molecule has 0 aliphatic carbocycles. The van der Waals surface area contributed by atoms with Crippen molar-refractivity contribution in [2.24, 2.45) is 0 Å². The van der Waals surface area contributed by atoms with E-state index in [1.807, 2.05) is 36.4 Å². The first kappa shape index (κ1) is 17.6. The van der Waals surface area contributed by atoms with Gasteiger partial charge in [-0.25, -0.2) is 0 Å². The summed E-state index contributed by atoms with van der Waals surface area (Å²) in [5, 5.41) is 0. The Hall–Kier alpha value is -2.22. The van der Waals surface area contributed by atoms with Crippen molar-refractivity contribution < 1.29 is 9.59 Å². The minimum atomic E-state index is -0.495. The Morgan fingerprint density at radius 2 is 1.88 bits per heavy atom. The number of likely N-dealkylation sites (N-methyl/N-ethyl adjacent to an activating group) is 2. The molecule has 2 heterocycles. The van der Waals surface area contributed by atoms with Crippen LogP contribution in [0.15, 0.2) is 54.5 Å². The van der Waals surface area contributed by atoms with E-state index in [1.165, 1.54) is 9.80 Å². The third-order valence-corrected chi connectivity index (χ3v) is 5.33. The van der Waals surface area contributed by atoms with Crippen molar-refractivity contribution >= 4 is 40.5 Å². The van der Waals surface area contributed by atoms with Crippen LogP contribution in [-0.2, 0) is 16.0 Å². The zero-order valence-electron chi connectivity index (χ0n) is 14.0. The van der Waals surface area contributed by atoms with E-state index in [2.05, 4.69) is 27.6 Å². The fraction of sp³-hybridized carbons (Fsp3) is 0.211. The Kier molecular flexibility index (Phi) is 5.17. The van der Waals surface area contributed by atoms with E-state index in [-0.39, 0.29) is 11.8 Å². The predicted octanol–water partition coefficient (Wildman–Crippen LogP) is 2.57. The van der Waals surface area contributed by atoms with Crippen LogP contribution in [-0.4, -0.2) is 46.7 Å². The first-order valence-electron chi connectivity index (χ1n) is 7.89. The van der Waals surface area contributed by atoms with Crippen LogP contribution in [0, 0.1) is 3.57 Å². The summed E-state index contributed by atoms with van der Waals surface area (Å²) in [4.78, 5) is 32.8. The number of nitrogens with zero attached hydrogens (tertiary/aromatic N) is 3. The third-order valence-electron chi connectivity index (χ3n) is 4.34. The molecular formula is C19H18IN3O2. The molecule has 1 aliphatic heterocycles. The predicted molar refractivity (Wildman–Crippen MR) is 104 cm³/mol. The van der Waals surface area contributed by atoms with E-state index in [4.69, 9.17) is 0 Å². The summed E-state index contributed by atoms with van der Waals surface area (Å²) in [5.74, 6) is -0.251. The van der Waals surface area contributed by atoms with Crippen molar-refractivity contribution in [1.82, 2.24) is 14.8 Å². The fourth-order valence-corrected chi connectivity index (χ4v) is 3.29. The molecule has 1 unspecified atom stereocenters. The second kappa shape index (κ2) is 7.35. The van der Waals surface area contributed by atoms with E-state index in [0.29, 0.717) is 12.1 Å². The molecule has 6 heteroatoms. The average Bonchev–Trinajstić information content (AvgIpc) is 2.63. The summed E-state index contributed by atoms with van der Waals surface area (Å²) in [7, 11) is 3.34. The Morgan fingerprint density at radius 1 is 1.16 bits per heavy atom. The maximum absolute atomic E-state index is 12.8. The van der Waals surface area contributed by atoms with Gasteiger partial charge in [-0.1, -0.05) is 30.3 Å². The third kappa shape index (κ3) is 3.58. The van der Waals surface area contributed by atoms with Crippen LogP contribution in [0.5, 0.6) is 0 Å². The zero-order valence-corrected chi connectivity index (χ0v) is 16.2. The largest absolute Gasteiger partial charge is 0.328 e. The molecule has 1 saturated heterocycles. The highest BCUT2D eigenvalue weighted by Crippen LogP contribution is 2.24. The number of pyridine rings is 1. The van der Waals surface area contributed by atoms with Crippen molar-refractivity contribution in [1.29, 1.82) is 0 Å². The molecule has 1 aromatic carbocycles. The molecule has 1 fully saturated rings. The lowest BCUT2D eigenvalue weighted by Crippen LogP contribution is -2.56. The van der Waals surface area contributed by atoms with Gasteiger partial charge >= 0.3 is 0 Å². The van der Waals surface area contributed by atoms with Gasteiger partial charge in [0.05, 0.1) is 0 Å². The van der Waals surface area contributed by atoms with E-state index in [0.717, 1.165) is 14.7 Å². The molecule has 0 saturated carbocycles. The van der Waals surface area contributed by atoms with Gasteiger partial charge in [-0.15, -0.1) is 0 Å². The number of aromatic nitrogens is 1. The molecule has 0 spiro atoms. The molecule has 0 bridgehead atoms. The number of benzene rings is 1. The van der Waals surface area contributed by atoms with E-state index in [9.17, 15) is 9.59 Å². The highest BCUT2D eigenvalue weighted by Gasteiger charge is 2.39. The van der Waals surface area contributed by atoms with E-state index >= 15 is 0 Å². The number of halogens is 1. The monoisotopic (exact) mass is 447 g/mol. The fourth-order valence-electron chi connectivity index (χ4n) is 2.84. The second-order valence-electron chi connectivity index (χ2n) is 5.95. The van der Waals surface area contributed by atoms with Gasteiger partial charge < -0.3 is 9.80 Å². The van der Waals surface area contributed by atoms with Crippen molar-refractivity contribution in [3.05, 3.63) is 69.2 Å². The van der Waals surface area contributed by atoms with Crippen LogP contribution in [0.4, 0.5) is 0 Å². The number of hydrogen-bond acceptors (Lipinski definition) is 3. The van der Waals surface area contributed by atoms with Crippen molar-refractivity contribution in [2.75, 3.05) is 14.1 Å². The molecule has 5 nitrogen and oxygen atoms in total. The van der Waals surface area contributed by atoms with Crippen LogP contribution in [0.1, 0.15) is 11.1 Å². The SMILES string of the molecule is CN1C(=O)C(Cc2ccccc2)N(C)C(=O)/C1=C\c1cnccc1I. The lowest BCUT2D eigenvalue weighted by Gasteiger charge is -2.38. The average molecular weight is 447 g/mol. The number of carbonyl (C=O) groups is 2. The van der Waals surface area contributed by atoms with E-state index in [1.54, 1.807) is 32.6 Å². The number of piperazine rings is 1. The molecule has 1 aromatic heterocycles. The minimum Gasteiger partial charge on any atom is -0.328 e. The molecule has 2 aromatic rings. The van der Waals surface area contributed by atoms with Gasteiger partial charge in [0.1, 0.15) is 11.7 Å². The van der Waals surface area contributed by atoms with Crippen LogP contribution in [0.25, 0.3) is 6.08 Å². The van der Waals surface area contributed by atoms with Gasteiger partial charge in [0.15, 0.2) is 0 Å². The van der Waals surface area contributed by atoms with Gasteiger partial charge in [-0.2, -0.15) is 0 Å². The summed E-state index contributed by atoms with van der Waals surface area (Å²) in [6.45, 7) is 0. The summed E-state index contributed by atoms with van der Waals surface area (Å²) in [6, 6.07) is 11.1. The minimum absolute atomic E-state index is 0.0869. The number of hydrogen-bond donors (Lipinski definition) is 0. The van der Waals surface area contributed by atoms with Crippen LogP contribution < -0.4 is 0 Å². The van der Waals surface area contributed by atoms with Gasteiger partial charge in [-0.3, -0.25) is 14.6 Å². The van der Waals surface area contributed by atoms with Crippen molar-refractivity contribution in [2.45, 2.75) is 12.5 Å². The molecule has 0 radical (unpaired) electrons. The van der Waals surface area contributed by atoms with Gasteiger partial charge in [0.25, 0.3) is 5.91 Å². The van der Waals surface area contributed by atoms with Crippen molar-refractivity contribution in [3.63, 3.8) is 0 Å². The number of rotatable bonds is 3. The normalized spacial score (nSPS) is 19.6. The molecule has 1 aliphatic rings. The second-order valence-corrected chi connectivity index (χ2v) is 7.11. The Morgan fingerprint density at radius 3 is 2.56 bits per heavy atom. The highest BCUT2D eigenvalue weighted by atomic mass is 127. The molecule has 2 amide bonds. The number of carbonyl (C=O) groups excluding carboxylic acids is 2. The maximum atomic E-state index is 12.8. The first-order valence-corrected chi connectivity index (χ1v) is 8.97. The van der Waals surface area contributed by atoms with Gasteiger partial charge in [-0.05, 0) is 40.3 Å². The summed E-state index contributed by atoms with van der Waals surface area (Å²) in [5.41, 5.74) is 2.21. The Labute approximate surface area is 160 Å². The zero-order chi connectivity index (χ0) is 18.0. The molecule has 25 heavy (non-hydrogen) atoms. The van der Waals surface area contributed by atoms with Gasteiger partial charge in [0, 0.05) is 42.0 Å². The first-order chi connectivity index (χ1) is 12.0. The molecule has 1 atom stereocenters. The molecular weight excluding hydrogens is 429 g/mol. The number of amides is 2. The lowest BCUT2D eigenvalue weighted by atomic mass is 10.0. The van der Waals surface area contributed by atoms with E-state index < -0.39 is 6.04 Å². The lowest BCUT2D eigenvalue weighted by molar-refractivity contribution is -0.148. The van der Waals surface area contributed by atoms with Crippen LogP contribution in [0.2, 0.25) is 0 Å². The van der Waals surface area contributed by atoms with Gasteiger partial charge in [0.2, 0.25) is 5.91 Å². The van der Waals surface area contributed by atoms with Crippen LogP contribution in [0.3, 0.4) is 0 Å². The highest BCUT2D eigenvalue weighted by molar-refractivity contribution is 14.1. The maximum Gasteiger partial charge on any atom is 0.271 e. The quantitative estimate of drug-likeness (QED) is 0.537. The molecule has 0 N–H and O–H groups in total. The Balaban J connectivity index is 1.91. The summed E-state index contributed by atoms with van der Waals surface area (Å²) < 4.78 is 0.975. The van der Waals surface area contributed by atoms with Crippen molar-refractivity contribution in [3.8, 4) is 0 Å². The molecule has 3 rings (SSSR count). The van der Waals surface area contributed by atoms with Crippen LogP contribution >= 0.6 is 22.6 Å².